The maximum Gasteiger partial charge on any atom is 0.239 e. The van der Waals surface area contributed by atoms with E-state index in [0.29, 0.717) is 12.3 Å². The summed E-state index contributed by atoms with van der Waals surface area (Å²) in [7, 11) is 0. The van der Waals surface area contributed by atoms with Crippen LogP contribution in [-0.2, 0) is 4.79 Å². The molecule has 2 heterocycles. The SMILES string of the molecule is Cc1cc(-c2cccc(C3=CCC(NC(=O)CN)=N3)c2)cc(C)n1. The van der Waals surface area contributed by atoms with E-state index in [1.54, 1.807) is 0 Å². The van der Waals surface area contributed by atoms with Crippen molar-refractivity contribution in [3.05, 3.63) is 59.4 Å². The van der Waals surface area contributed by atoms with Gasteiger partial charge in [-0.05, 0) is 43.2 Å². The molecule has 2 aromatic rings. The van der Waals surface area contributed by atoms with Crippen LogP contribution in [0, 0.1) is 13.8 Å². The Balaban J connectivity index is 1.87. The summed E-state index contributed by atoms with van der Waals surface area (Å²) in [6, 6.07) is 12.4. The molecule has 1 aromatic heterocycles. The lowest BCUT2D eigenvalue weighted by Gasteiger charge is -2.07. The highest BCUT2D eigenvalue weighted by molar-refractivity contribution is 6.04. The van der Waals surface area contributed by atoms with Gasteiger partial charge in [-0.25, -0.2) is 4.99 Å². The molecule has 24 heavy (non-hydrogen) atoms. The predicted molar refractivity (Wildman–Crippen MR) is 96.4 cm³/mol. The molecular weight excluding hydrogens is 300 g/mol. The van der Waals surface area contributed by atoms with Gasteiger partial charge in [0.15, 0.2) is 0 Å². The first kappa shape index (κ1) is 16.1. The summed E-state index contributed by atoms with van der Waals surface area (Å²) in [4.78, 5) is 20.3. The van der Waals surface area contributed by atoms with Crippen LogP contribution in [0.5, 0.6) is 0 Å². The number of amidine groups is 1. The van der Waals surface area contributed by atoms with Gasteiger partial charge in [-0.3, -0.25) is 9.78 Å². The lowest BCUT2D eigenvalue weighted by molar-refractivity contribution is -0.118. The molecule has 0 aliphatic carbocycles. The van der Waals surface area contributed by atoms with Gasteiger partial charge in [-0.2, -0.15) is 0 Å². The molecule has 1 aliphatic heterocycles. The van der Waals surface area contributed by atoms with Gasteiger partial charge in [0.25, 0.3) is 0 Å². The Bertz CT molecular complexity index is 832. The molecule has 3 rings (SSSR count). The zero-order valence-electron chi connectivity index (χ0n) is 13.8. The van der Waals surface area contributed by atoms with Gasteiger partial charge in [0.05, 0.1) is 12.2 Å². The van der Waals surface area contributed by atoms with Crippen LogP contribution in [0.4, 0.5) is 0 Å². The molecule has 0 spiro atoms. The van der Waals surface area contributed by atoms with Crippen molar-refractivity contribution in [1.82, 2.24) is 10.3 Å². The summed E-state index contributed by atoms with van der Waals surface area (Å²) >= 11 is 0. The van der Waals surface area contributed by atoms with Gasteiger partial charge in [-0.15, -0.1) is 0 Å². The summed E-state index contributed by atoms with van der Waals surface area (Å²) < 4.78 is 0. The average Bonchev–Trinajstić information content (AvgIpc) is 3.02. The highest BCUT2D eigenvalue weighted by atomic mass is 16.1. The fourth-order valence-corrected chi connectivity index (χ4v) is 2.76. The summed E-state index contributed by atoms with van der Waals surface area (Å²) in [5.74, 6) is 0.418. The smallest absolute Gasteiger partial charge is 0.239 e. The molecule has 1 amide bonds. The largest absolute Gasteiger partial charge is 0.322 e. The number of aryl methyl sites for hydroxylation is 2. The molecule has 0 saturated carbocycles. The van der Waals surface area contributed by atoms with Gasteiger partial charge >= 0.3 is 0 Å². The number of amides is 1. The molecule has 0 unspecified atom stereocenters. The summed E-state index contributed by atoms with van der Waals surface area (Å²) in [6.07, 6.45) is 2.62. The normalized spacial score (nSPS) is 13.5. The standard InChI is InChI=1S/C19H20N4O/c1-12-8-16(9-13(2)21-12)14-4-3-5-15(10-14)17-6-7-18(22-17)23-19(24)11-20/h3-6,8-10H,7,11,20H2,1-2H3,(H,22,23,24). The summed E-state index contributed by atoms with van der Waals surface area (Å²) in [6.45, 7) is 3.96. The third kappa shape index (κ3) is 3.58. The second-order valence-electron chi connectivity index (χ2n) is 5.82. The maximum absolute atomic E-state index is 11.4. The van der Waals surface area contributed by atoms with E-state index in [-0.39, 0.29) is 12.5 Å². The van der Waals surface area contributed by atoms with Crippen LogP contribution >= 0.6 is 0 Å². The molecule has 1 aliphatic rings. The van der Waals surface area contributed by atoms with Crippen molar-refractivity contribution in [3.8, 4) is 11.1 Å². The average molecular weight is 320 g/mol. The Morgan fingerprint density at radius 3 is 2.54 bits per heavy atom. The highest BCUT2D eigenvalue weighted by Crippen LogP contribution is 2.27. The molecular formula is C19H20N4O. The number of nitrogens with one attached hydrogen (secondary N) is 1. The predicted octanol–water partition coefficient (Wildman–Crippen LogP) is 2.58. The lowest BCUT2D eigenvalue weighted by atomic mass is 10.0. The molecule has 5 heteroatoms. The van der Waals surface area contributed by atoms with E-state index < -0.39 is 0 Å². The minimum atomic E-state index is -0.222. The first-order chi connectivity index (χ1) is 11.5. The molecule has 5 nitrogen and oxygen atoms in total. The van der Waals surface area contributed by atoms with E-state index in [4.69, 9.17) is 5.73 Å². The Kier molecular flexibility index (Phi) is 4.53. The second-order valence-corrected chi connectivity index (χ2v) is 5.82. The Morgan fingerprint density at radius 1 is 1.12 bits per heavy atom. The number of carbonyl (C=O) groups excluding carboxylic acids is 1. The van der Waals surface area contributed by atoms with E-state index in [1.807, 2.05) is 32.1 Å². The van der Waals surface area contributed by atoms with Crippen LogP contribution in [0.15, 0.2) is 47.5 Å². The van der Waals surface area contributed by atoms with Crippen LogP contribution in [0.1, 0.15) is 23.4 Å². The summed E-state index contributed by atoms with van der Waals surface area (Å²) in [5.41, 5.74) is 11.5. The monoisotopic (exact) mass is 320 g/mol. The van der Waals surface area contributed by atoms with E-state index in [9.17, 15) is 4.79 Å². The number of hydrogen-bond acceptors (Lipinski definition) is 4. The van der Waals surface area contributed by atoms with Crippen LogP contribution < -0.4 is 11.1 Å². The van der Waals surface area contributed by atoms with Crippen molar-refractivity contribution < 1.29 is 4.79 Å². The summed E-state index contributed by atoms with van der Waals surface area (Å²) in [5, 5.41) is 2.72. The van der Waals surface area contributed by atoms with Gasteiger partial charge in [-0.1, -0.05) is 24.3 Å². The van der Waals surface area contributed by atoms with Crippen molar-refractivity contribution >= 4 is 17.4 Å². The number of aliphatic imine (C=N–C) groups is 1. The van der Waals surface area contributed by atoms with Crippen molar-refractivity contribution in [2.75, 3.05) is 6.54 Å². The Morgan fingerprint density at radius 2 is 1.83 bits per heavy atom. The van der Waals surface area contributed by atoms with Gasteiger partial charge in [0.1, 0.15) is 5.84 Å². The van der Waals surface area contributed by atoms with Crippen molar-refractivity contribution in [2.45, 2.75) is 20.3 Å². The zero-order valence-corrected chi connectivity index (χ0v) is 13.8. The fraction of sp³-hybridized carbons (Fsp3) is 0.211. The van der Waals surface area contributed by atoms with Crippen LogP contribution in [0.3, 0.4) is 0 Å². The molecule has 3 N–H and O–H groups in total. The first-order valence-corrected chi connectivity index (χ1v) is 7.89. The minimum absolute atomic E-state index is 0.0371. The van der Waals surface area contributed by atoms with E-state index >= 15 is 0 Å². The number of carbonyl (C=O) groups is 1. The molecule has 122 valence electrons. The van der Waals surface area contributed by atoms with Crippen LogP contribution in [0.2, 0.25) is 0 Å². The number of rotatable bonds is 3. The number of nitrogens with two attached hydrogens (primary N) is 1. The topological polar surface area (TPSA) is 80.4 Å². The van der Waals surface area contributed by atoms with Crippen LogP contribution in [0.25, 0.3) is 16.8 Å². The van der Waals surface area contributed by atoms with Crippen molar-refractivity contribution in [1.29, 1.82) is 0 Å². The third-order valence-corrected chi connectivity index (χ3v) is 3.79. The second kappa shape index (κ2) is 6.76. The quantitative estimate of drug-likeness (QED) is 0.912. The number of aromatic nitrogens is 1. The van der Waals surface area contributed by atoms with Gasteiger partial charge in [0, 0.05) is 23.4 Å². The van der Waals surface area contributed by atoms with Crippen molar-refractivity contribution in [2.24, 2.45) is 10.7 Å². The van der Waals surface area contributed by atoms with Crippen LogP contribution in [-0.4, -0.2) is 23.3 Å². The van der Waals surface area contributed by atoms with Gasteiger partial charge < -0.3 is 11.1 Å². The van der Waals surface area contributed by atoms with Gasteiger partial charge in [0.2, 0.25) is 5.91 Å². The molecule has 0 saturated heterocycles. The molecule has 0 bridgehead atoms. The number of hydrogen-bond donors (Lipinski definition) is 2. The molecule has 1 aromatic carbocycles. The maximum atomic E-state index is 11.4. The van der Waals surface area contributed by atoms with E-state index in [1.165, 1.54) is 0 Å². The molecule has 0 fully saturated rings. The van der Waals surface area contributed by atoms with E-state index in [0.717, 1.165) is 33.8 Å². The van der Waals surface area contributed by atoms with E-state index in [2.05, 4.69) is 39.6 Å². The Labute approximate surface area is 141 Å². The zero-order chi connectivity index (χ0) is 17.1. The lowest BCUT2D eigenvalue weighted by Crippen LogP contribution is -2.34. The number of pyridine rings is 1. The fourth-order valence-electron chi connectivity index (χ4n) is 2.76. The first-order valence-electron chi connectivity index (χ1n) is 7.89. The van der Waals surface area contributed by atoms with Crippen molar-refractivity contribution in [3.63, 3.8) is 0 Å². The minimum Gasteiger partial charge on any atom is -0.322 e. The molecule has 0 radical (unpaired) electrons. The third-order valence-electron chi connectivity index (χ3n) is 3.79. The number of benzene rings is 1. The molecule has 0 atom stereocenters. The highest BCUT2D eigenvalue weighted by Gasteiger charge is 2.13. The number of nitrogens with zero attached hydrogens (tertiary/aromatic N) is 2. The Hall–Kier alpha value is -2.79.